The number of benzene rings is 1. The second-order valence-corrected chi connectivity index (χ2v) is 4.59. The van der Waals surface area contributed by atoms with Crippen molar-refractivity contribution in [1.82, 2.24) is 4.90 Å². The topological polar surface area (TPSA) is 55.6 Å². The average molecular weight is 248 g/mol. The first kappa shape index (κ1) is 13.1. The van der Waals surface area contributed by atoms with Gasteiger partial charge in [-0.2, -0.15) is 0 Å². The van der Waals surface area contributed by atoms with Crippen molar-refractivity contribution in [2.75, 3.05) is 26.3 Å². The van der Waals surface area contributed by atoms with Crippen LogP contribution in [0.2, 0.25) is 0 Å². The van der Waals surface area contributed by atoms with E-state index >= 15 is 0 Å². The van der Waals surface area contributed by atoms with E-state index in [-0.39, 0.29) is 5.91 Å². The fraction of sp³-hybridized carbons (Fsp3) is 0.500. The molecule has 1 heterocycles. The molecule has 0 aliphatic carbocycles. The molecule has 0 saturated carbocycles. The van der Waals surface area contributed by atoms with Crippen LogP contribution >= 0.6 is 0 Å². The zero-order valence-corrected chi connectivity index (χ0v) is 10.5. The van der Waals surface area contributed by atoms with Gasteiger partial charge in [-0.15, -0.1) is 0 Å². The van der Waals surface area contributed by atoms with Gasteiger partial charge in [0.1, 0.15) is 0 Å². The first-order chi connectivity index (χ1) is 8.77. The van der Waals surface area contributed by atoms with Crippen LogP contribution in [0, 0.1) is 0 Å². The van der Waals surface area contributed by atoms with Gasteiger partial charge in [0.25, 0.3) is 0 Å². The Kier molecular flexibility index (Phi) is 4.73. The highest BCUT2D eigenvalue weighted by molar-refractivity contribution is 5.82. The molecule has 1 atom stereocenters. The van der Waals surface area contributed by atoms with E-state index in [1.54, 1.807) is 0 Å². The first-order valence-electron chi connectivity index (χ1n) is 6.43. The maximum Gasteiger partial charge on any atom is 0.239 e. The van der Waals surface area contributed by atoms with Crippen LogP contribution in [0.3, 0.4) is 0 Å². The number of rotatable bonds is 3. The molecule has 0 aromatic heterocycles. The zero-order valence-electron chi connectivity index (χ0n) is 10.5. The van der Waals surface area contributed by atoms with Gasteiger partial charge in [0.2, 0.25) is 5.91 Å². The summed E-state index contributed by atoms with van der Waals surface area (Å²) < 4.78 is 5.34. The van der Waals surface area contributed by atoms with Gasteiger partial charge in [0, 0.05) is 19.7 Å². The Morgan fingerprint density at radius 2 is 2.06 bits per heavy atom. The Bertz CT molecular complexity index is 373. The SMILES string of the molecule is NC(Cc1ccccc1)C(=O)N1CCCOCC1. The Balaban J connectivity index is 1.91. The maximum absolute atomic E-state index is 12.2. The van der Waals surface area contributed by atoms with Crippen LogP contribution in [-0.2, 0) is 16.0 Å². The summed E-state index contributed by atoms with van der Waals surface area (Å²) >= 11 is 0. The molecule has 4 nitrogen and oxygen atoms in total. The van der Waals surface area contributed by atoms with E-state index < -0.39 is 6.04 Å². The van der Waals surface area contributed by atoms with Crippen LogP contribution in [0.4, 0.5) is 0 Å². The van der Waals surface area contributed by atoms with E-state index in [4.69, 9.17) is 10.5 Å². The molecule has 2 rings (SSSR count). The Morgan fingerprint density at radius 3 is 2.83 bits per heavy atom. The van der Waals surface area contributed by atoms with Gasteiger partial charge in [-0.25, -0.2) is 0 Å². The summed E-state index contributed by atoms with van der Waals surface area (Å²) in [6, 6.07) is 9.43. The molecule has 1 aliphatic heterocycles. The first-order valence-corrected chi connectivity index (χ1v) is 6.43. The zero-order chi connectivity index (χ0) is 12.8. The molecule has 4 heteroatoms. The van der Waals surface area contributed by atoms with Gasteiger partial charge in [0.05, 0.1) is 12.6 Å². The molecule has 0 spiro atoms. The van der Waals surface area contributed by atoms with Gasteiger partial charge in [-0.3, -0.25) is 4.79 Å². The highest BCUT2D eigenvalue weighted by atomic mass is 16.5. The quantitative estimate of drug-likeness (QED) is 0.861. The van der Waals surface area contributed by atoms with Crippen molar-refractivity contribution in [3.8, 4) is 0 Å². The summed E-state index contributed by atoms with van der Waals surface area (Å²) in [5.41, 5.74) is 7.10. The van der Waals surface area contributed by atoms with E-state index in [2.05, 4.69) is 0 Å². The van der Waals surface area contributed by atoms with Crippen LogP contribution in [0.5, 0.6) is 0 Å². The van der Waals surface area contributed by atoms with Gasteiger partial charge in [-0.05, 0) is 18.4 Å². The third-order valence-electron chi connectivity index (χ3n) is 3.15. The highest BCUT2D eigenvalue weighted by Crippen LogP contribution is 2.06. The number of hydrogen-bond acceptors (Lipinski definition) is 3. The minimum atomic E-state index is -0.453. The van der Waals surface area contributed by atoms with E-state index in [0.29, 0.717) is 19.6 Å². The number of nitrogens with two attached hydrogens (primary N) is 1. The van der Waals surface area contributed by atoms with Crippen molar-refractivity contribution >= 4 is 5.91 Å². The lowest BCUT2D eigenvalue weighted by Gasteiger charge is -2.23. The van der Waals surface area contributed by atoms with Gasteiger partial charge in [0.15, 0.2) is 0 Å². The van der Waals surface area contributed by atoms with Gasteiger partial charge in [-0.1, -0.05) is 30.3 Å². The van der Waals surface area contributed by atoms with E-state index in [9.17, 15) is 4.79 Å². The molecule has 0 radical (unpaired) electrons. The standard InChI is InChI=1S/C14H20N2O2/c15-13(11-12-5-2-1-3-6-12)14(17)16-7-4-9-18-10-8-16/h1-3,5-6,13H,4,7-11,15H2. The van der Waals surface area contributed by atoms with Crippen LogP contribution in [-0.4, -0.2) is 43.2 Å². The summed E-state index contributed by atoms with van der Waals surface area (Å²) in [5, 5.41) is 0. The number of carbonyl (C=O) groups is 1. The molecule has 1 amide bonds. The average Bonchev–Trinajstić information content (AvgIpc) is 2.68. The van der Waals surface area contributed by atoms with E-state index in [0.717, 1.165) is 25.1 Å². The largest absolute Gasteiger partial charge is 0.380 e. The van der Waals surface area contributed by atoms with Crippen molar-refractivity contribution in [1.29, 1.82) is 0 Å². The Hall–Kier alpha value is -1.39. The molecule has 2 N–H and O–H groups in total. The van der Waals surface area contributed by atoms with E-state index in [1.165, 1.54) is 0 Å². The van der Waals surface area contributed by atoms with Crippen molar-refractivity contribution in [3.05, 3.63) is 35.9 Å². The number of nitrogens with zero attached hydrogens (tertiary/aromatic N) is 1. The van der Waals surface area contributed by atoms with Crippen molar-refractivity contribution < 1.29 is 9.53 Å². The van der Waals surface area contributed by atoms with Gasteiger partial charge < -0.3 is 15.4 Å². The lowest BCUT2D eigenvalue weighted by Crippen LogP contribution is -2.45. The summed E-state index contributed by atoms with van der Waals surface area (Å²) in [6.07, 6.45) is 1.49. The van der Waals surface area contributed by atoms with Crippen LogP contribution in [0.25, 0.3) is 0 Å². The normalized spacial score (nSPS) is 18.2. The summed E-state index contributed by atoms with van der Waals surface area (Å²) in [6.45, 7) is 2.75. The number of carbonyl (C=O) groups excluding carboxylic acids is 1. The number of ether oxygens (including phenoxy) is 1. The third-order valence-corrected chi connectivity index (χ3v) is 3.15. The summed E-state index contributed by atoms with van der Waals surface area (Å²) in [5.74, 6) is 0.0318. The van der Waals surface area contributed by atoms with Crippen molar-refractivity contribution in [2.45, 2.75) is 18.9 Å². The molecule has 0 bridgehead atoms. The Morgan fingerprint density at radius 1 is 1.28 bits per heavy atom. The maximum atomic E-state index is 12.2. The molecule has 1 aromatic carbocycles. The molecule has 1 saturated heterocycles. The minimum Gasteiger partial charge on any atom is -0.380 e. The van der Waals surface area contributed by atoms with Crippen LogP contribution in [0.1, 0.15) is 12.0 Å². The fourth-order valence-electron chi connectivity index (χ4n) is 2.16. The number of hydrogen-bond donors (Lipinski definition) is 1. The molecule has 18 heavy (non-hydrogen) atoms. The lowest BCUT2D eigenvalue weighted by molar-refractivity contribution is -0.132. The Labute approximate surface area is 108 Å². The monoisotopic (exact) mass is 248 g/mol. The van der Waals surface area contributed by atoms with Gasteiger partial charge >= 0.3 is 0 Å². The predicted octanol–water partition coefficient (Wildman–Crippen LogP) is 0.805. The number of amides is 1. The molecule has 1 fully saturated rings. The molecular weight excluding hydrogens is 228 g/mol. The van der Waals surface area contributed by atoms with Crippen LogP contribution in [0.15, 0.2) is 30.3 Å². The fourth-order valence-corrected chi connectivity index (χ4v) is 2.16. The molecule has 98 valence electrons. The van der Waals surface area contributed by atoms with Crippen molar-refractivity contribution in [2.24, 2.45) is 5.73 Å². The molecule has 1 unspecified atom stereocenters. The lowest BCUT2D eigenvalue weighted by atomic mass is 10.1. The summed E-state index contributed by atoms with van der Waals surface area (Å²) in [4.78, 5) is 14.0. The van der Waals surface area contributed by atoms with Crippen molar-refractivity contribution in [3.63, 3.8) is 0 Å². The second kappa shape index (κ2) is 6.52. The van der Waals surface area contributed by atoms with Crippen LogP contribution < -0.4 is 5.73 Å². The highest BCUT2D eigenvalue weighted by Gasteiger charge is 2.21. The minimum absolute atomic E-state index is 0.0318. The predicted molar refractivity (Wildman–Crippen MR) is 70.1 cm³/mol. The summed E-state index contributed by atoms with van der Waals surface area (Å²) in [7, 11) is 0. The smallest absolute Gasteiger partial charge is 0.239 e. The molecule has 1 aliphatic rings. The third kappa shape index (κ3) is 3.55. The second-order valence-electron chi connectivity index (χ2n) is 4.59. The van der Waals surface area contributed by atoms with E-state index in [1.807, 2.05) is 35.2 Å². The molecule has 1 aromatic rings. The molecular formula is C14H20N2O2.